The molecule has 1 aromatic rings. The first kappa shape index (κ1) is 12.6. The summed E-state index contributed by atoms with van der Waals surface area (Å²) in [5.41, 5.74) is 2.90. The molecule has 1 N–H and O–H groups in total. The highest BCUT2D eigenvalue weighted by molar-refractivity contribution is 5.25. The molecule has 1 heterocycles. The molecular weight excluding hydrogens is 208 g/mol. The van der Waals surface area contributed by atoms with Crippen molar-refractivity contribution in [2.24, 2.45) is 0 Å². The summed E-state index contributed by atoms with van der Waals surface area (Å²) in [4.78, 5) is 2.63. The summed E-state index contributed by atoms with van der Waals surface area (Å²) in [5, 5.41) is 3.48. The van der Waals surface area contributed by atoms with E-state index in [9.17, 15) is 0 Å². The second-order valence-electron chi connectivity index (χ2n) is 5.00. The number of benzene rings is 1. The van der Waals surface area contributed by atoms with Crippen LogP contribution in [0.4, 0.5) is 0 Å². The molecule has 1 unspecified atom stereocenters. The van der Waals surface area contributed by atoms with Gasteiger partial charge in [-0.2, -0.15) is 0 Å². The highest BCUT2D eigenvalue weighted by atomic mass is 15.2. The Morgan fingerprint density at radius 1 is 1.35 bits per heavy atom. The van der Waals surface area contributed by atoms with Gasteiger partial charge in [-0.15, -0.1) is 0 Å². The lowest BCUT2D eigenvalue weighted by atomic mass is 10.1. The van der Waals surface area contributed by atoms with Crippen molar-refractivity contribution >= 4 is 0 Å². The summed E-state index contributed by atoms with van der Waals surface area (Å²) in [6.45, 7) is 8.98. The third kappa shape index (κ3) is 3.30. The second kappa shape index (κ2) is 6.18. The molecule has 1 aliphatic heterocycles. The maximum atomic E-state index is 3.48. The molecule has 17 heavy (non-hydrogen) atoms. The molecule has 1 atom stereocenters. The molecule has 1 aliphatic rings. The van der Waals surface area contributed by atoms with Crippen LogP contribution in [0.2, 0.25) is 0 Å². The average molecular weight is 232 g/mol. The first-order valence-electron chi connectivity index (χ1n) is 6.80. The Kier molecular flexibility index (Phi) is 4.57. The van der Waals surface area contributed by atoms with Gasteiger partial charge in [-0.05, 0) is 44.0 Å². The molecule has 2 rings (SSSR count). The maximum absolute atomic E-state index is 3.48. The zero-order valence-corrected chi connectivity index (χ0v) is 11.1. The molecule has 1 saturated heterocycles. The minimum atomic E-state index is 0.731. The van der Waals surface area contributed by atoms with Crippen molar-refractivity contribution in [1.82, 2.24) is 10.2 Å². The van der Waals surface area contributed by atoms with Crippen LogP contribution >= 0.6 is 0 Å². The van der Waals surface area contributed by atoms with Gasteiger partial charge in [0.1, 0.15) is 0 Å². The van der Waals surface area contributed by atoms with E-state index in [1.165, 1.54) is 30.5 Å². The van der Waals surface area contributed by atoms with E-state index in [-0.39, 0.29) is 0 Å². The van der Waals surface area contributed by atoms with E-state index in [1.54, 1.807) is 0 Å². The van der Waals surface area contributed by atoms with Crippen molar-refractivity contribution in [3.63, 3.8) is 0 Å². The van der Waals surface area contributed by atoms with Gasteiger partial charge in [-0.3, -0.25) is 4.90 Å². The highest BCUT2D eigenvalue weighted by Gasteiger charge is 2.23. The maximum Gasteiger partial charge on any atom is 0.0239 e. The highest BCUT2D eigenvalue weighted by Crippen LogP contribution is 2.20. The minimum absolute atomic E-state index is 0.731. The Morgan fingerprint density at radius 2 is 2.18 bits per heavy atom. The predicted octanol–water partition coefficient (Wildman–Crippen LogP) is 2.57. The number of likely N-dealkylation sites (N-methyl/N-ethyl adjacent to an activating group) is 1. The normalized spacial score (nSPS) is 20.9. The van der Waals surface area contributed by atoms with E-state index in [2.05, 4.69) is 48.3 Å². The fraction of sp³-hybridized carbons (Fsp3) is 0.600. The smallest absolute Gasteiger partial charge is 0.0239 e. The SMILES string of the molecule is CCNCC1CCCN1Cc1ccccc1C. The molecule has 0 amide bonds. The van der Waals surface area contributed by atoms with E-state index >= 15 is 0 Å². The summed E-state index contributed by atoms with van der Waals surface area (Å²) in [6.07, 6.45) is 2.70. The number of nitrogens with zero attached hydrogens (tertiary/aromatic N) is 1. The van der Waals surface area contributed by atoms with Crippen molar-refractivity contribution in [3.8, 4) is 0 Å². The monoisotopic (exact) mass is 232 g/mol. The van der Waals surface area contributed by atoms with Crippen LogP contribution in [-0.2, 0) is 6.54 Å². The van der Waals surface area contributed by atoms with Gasteiger partial charge in [0.2, 0.25) is 0 Å². The number of aryl methyl sites for hydroxylation is 1. The van der Waals surface area contributed by atoms with E-state index in [1.807, 2.05) is 0 Å². The third-order valence-corrected chi connectivity index (χ3v) is 3.76. The standard InChI is InChI=1S/C15H24N2/c1-3-16-11-15-9-6-10-17(15)12-14-8-5-4-7-13(14)2/h4-5,7-8,15-16H,3,6,9-12H2,1-2H3. The Morgan fingerprint density at radius 3 is 2.94 bits per heavy atom. The summed E-state index contributed by atoms with van der Waals surface area (Å²) in [6, 6.07) is 9.48. The average Bonchev–Trinajstić information content (AvgIpc) is 2.77. The molecule has 0 aliphatic carbocycles. The summed E-state index contributed by atoms with van der Waals surface area (Å²) < 4.78 is 0. The van der Waals surface area contributed by atoms with Crippen LogP contribution < -0.4 is 5.32 Å². The van der Waals surface area contributed by atoms with Gasteiger partial charge in [-0.1, -0.05) is 31.2 Å². The Balaban J connectivity index is 1.95. The molecule has 0 aromatic heterocycles. The van der Waals surface area contributed by atoms with Crippen LogP contribution in [0.5, 0.6) is 0 Å². The fourth-order valence-corrected chi connectivity index (χ4v) is 2.65. The number of rotatable bonds is 5. The van der Waals surface area contributed by atoms with Gasteiger partial charge in [0, 0.05) is 19.1 Å². The summed E-state index contributed by atoms with van der Waals surface area (Å²) in [7, 11) is 0. The first-order valence-corrected chi connectivity index (χ1v) is 6.80. The van der Waals surface area contributed by atoms with Crippen molar-refractivity contribution in [2.45, 2.75) is 39.3 Å². The Bertz CT molecular complexity index is 349. The lowest BCUT2D eigenvalue weighted by Gasteiger charge is -2.25. The van der Waals surface area contributed by atoms with E-state index in [4.69, 9.17) is 0 Å². The van der Waals surface area contributed by atoms with Crippen molar-refractivity contribution in [1.29, 1.82) is 0 Å². The van der Waals surface area contributed by atoms with Crippen LogP contribution in [0.1, 0.15) is 30.9 Å². The van der Waals surface area contributed by atoms with Crippen LogP contribution in [0.3, 0.4) is 0 Å². The van der Waals surface area contributed by atoms with Crippen LogP contribution in [0, 0.1) is 6.92 Å². The zero-order valence-electron chi connectivity index (χ0n) is 11.1. The number of nitrogens with one attached hydrogen (secondary N) is 1. The molecule has 0 spiro atoms. The van der Waals surface area contributed by atoms with Crippen LogP contribution in [-0.4, -0.2) is 30.6 Å². The van der Waals surface area contributed by atoms with E-state index in [0.29, 0.717) is 0 Å². The molecule has 2 heteroatoms. The number of likely N-dealkylation sites (tertiary alicyclic amines) is 1. The number of hydrogen-bond donors (Lipinski definition) is 1. The zero-order chi connectivity index (χ0) is 12.1. The summed E-state index contributed by atoms with van der Waals surface area (Å²) >= 11 is 0. The topological polar surface area (TPSA) is 15.3 Å². The van der Waals surface area contributed by atoms with Gasteiger partial charge < -0.3 is 5.32 Å². The molecule has 2 nitrogen and oxygen atoms in total. The predicted molar refractivity (Wildman–Crippen MR) is 73.2 cm³/mol. The van der Waals surface area contributed by atoms with Gasteiger partial charge in [0.15, 0.2) is 0 Å². The van der Waals surface area contributed by atoms with Crippen LogP contribution in [0.15, 0.2) is 24.3 Å². The molecular formula is C15H24N2. The fourth-order valence-electron chi connectivity index (χ4n) is 2.65. The number of hydrogen-bond acceptors (Lipinski definition) is 2. The quantitative estimate of drug-likeness (QED) is 0.839. The summed E-state index contributed by atoms with van der Waals surface area (Å²) in [5.74, 6) is 0. The molecule has 0 bridgehead atoms. The molecule has 0 saturated carbocycles. The Hall–Kier alpha value is -0.860. The van der Waals surface area contributed by atoms with Gasteiger partial charge in [0.05, 0.1) is 0 Å². The third-order valence-electron chi connectivity index (χ3n) is 3.76. The van der Waals surface area contributed by atoms with Crippen molar-refractivity contribution in [3.05, 3.63) is 35.4 Å². The van der Waals surface area contributed by atoms with Gasteiger partial charge in [-0.25, -0.2) is 0 Å². The molecule has 1 aromatic carbocycles. The van der Waals surface area contributed by atoms with Crippen LogP contribution in [0.25, 0.3) is 0 Å². The van der Waals surface area contributed by atoms with E-state index < -0.39 is 0 Å². The van der Waals surface area contributed by atoms with Gasteiger partial charge >= 0.3 is 0 Å². The lowest BCUT2D eigenvalue weighted by molar-refractivity contribution is 0.240. The Labute approximate surface area is 105 Å². The van der Waals surface area contributed by atoms with Gasteiger partial charge in [0.25, 0.3) is 0 Å². The molecule has 1 fully saturated rings. The largest absolute Gasteiger partial charge is 0.315 e. The van der Waals surface area contributed by atoms with Crippen molar-refractivity contribution in [2.75, 3.05) is 19.6 Å². The minimum Gasteiger partial charge on any atom is -0.315 e. The lowest BCUT2D eigenvalue weighted by Crippen LogP contribution is -2.37. The second-order valence-corrected chi connectivity index (χ2v) is 5.00. The molecule has 94 valence electrons. The van der Waals surface area contributed by atoms with Crippen molar-refractivity contribution < 1.29 is 0 Å². The molecule has 0 radical (unpaired) electrons. The van der Waals surface area contributed by atoms with E-state index in [0.717, 1.165) is 25.7 Å². The first-order chi connectivity index (χ1) is 8.31.